The number of carboxylic acid groups (broad SMARTS) is 1. The normalized spacial score (nSPS) is 19.6. The van der Waals surface area contributed by atoms with Crippen LogP contribution >= 0.6 is 0 Å². The molecule has 0 bridgehead atoms. The van der Waals surface area contributed by atoms with E-state index in [1.54, 1.807) is 0 Å². The highest BCUT2D eigenvalue weighted by Crippen LogP contribution is 2.03. The number of primary amides is 1. The third kappa shape index (κ3) is 5.12. The Morgan fingerprint density at radius 3 is 2.70 bits per heavy atom. The first-order valence-corrected chi connectivity index (χ1v) is 6.26. The summed E-state index contributed by atoms with van der Waals surface area (Å²) in [6, 6.07) is -2.66. The first-order valence-electron chi connectivity index (χ1n) is 6.26. The molecule has 1 unspecified atom stereocenters. The quantitative estimate of drug-likeness (QED) is 0.393. The van der Waals surface area contributed by atoms with Crippen LogP contribution in [0.3, 0.4) is 0 Å². The van der Waals surface area contributed by atoms with E-state index in [0.29, 0.717) is 13.0 Å². The summed E-state index contributed by atoms with van der Waals surface area (Å²) in [4.78, 5) is 44.6. The second-order valence-electron chi connectivity index (χ2n) is 4.50. The van der Waals surface area contributed by atoms with E-state index in [4.69, 9.17) is 10.8 Å². The van der Waals surface area contributed by atoms with Crippen molar-refractivity contribution in [3.63, 3.8) is 0 Å². The Bertz CT molecular complexity index is 412. The topological polar surface area (TPSA) is 151 Å². The second kappa shape index (κ2) is 7.31. The lowest BCUT2D eigenvalue weighted by molar-refractivity contribution is -0.139. The summed E-state index contributed by atoms with van der Waals surface area (Å²) in [5, 5.41) is 16.1. The van der Waals surface area contributed by atoms with Crippen molar-refractivity contribution in [1.29, 1.82) is 0 Å². The minimum absolute atomic E-state index is 0.102. The molecule has 6 N–H and O–H groups in total. The molecule has 2 atom stereocenters. The Morgan fingerprint density at radius 1 is 1.45 bits per heavy atom. The summed E-state index contributed by atoms with van der Waals surface area (Å²) in [5.41, 5.74) is 4.93. The van der Waals surface area contributed by atoms with Crippen LogP contribution < -0.4 is 21.7 Å². The molecule has 20 heavy (non-hydrogen) atoms. The number of hydrogen-bond acceptors (Lipinski definition) is 4. The lowest BCUT2D eigenvalue weighted by Crippen LogP contribution is -2.55. The van der Waals surface area contributed by atoms with Crippen molar-refractivity contribution in [2.75, 3.05) is 6.54 Å². The number of carboxylic acids is 1. The van der Waals surface area contributed by atoms with Crippen molar-refractivity contribution in [2.45, 2.75) is 37.8 Å². The summed E-state index contributed by atoms with van der Waals surface area (Å²) in [5.74, 6) is -2.21. The molecule has 1 heterocycles. The van der Waals surface area contributed by atoms with Crippen LogP contribution in [-0.4, -0.2) is 47.5 Å². The van der Waals surface area contributed by atoms with Gasteiger partial charge in [-0.25, -0.2) is 9.59 Å². The van der Waals surface area contributed by atoms with E-state index in [2.05, 4.69) is 16.0 Å². The van der Waals surface area contributed by atoms with Crippen LogP contribution in [0.25, 0.3) is 0 Å². The second-order valence-corrected chi connectivity index (χ2v) is 4.50. The van der Waals surface area contributed by atoms with Crippen molar-refractivity contribution in [1.82, 2.24) is 16.0 Å². The van der Waals surface area contributed by atoms with E-state index in [-0.39, 0.29) is 18.7 Å². The van der Waals surface area contributed by atoms with E-state index in [1.165, 1.54) is 0 Å². The van der Waals surface area contributed by atoms with Gasteiger partial charge in [0, 0.05) is 13.0 Å². The third-order valence-electron chi connectivity index (χ3n) is 2.87. The van der Waals surface area contributed by atoms with E-state index in [9.17, 15) is 19.2 Å². The van der Waals surface area contributed by atoms with Crippen molar-refractivity contribution in [3.8, 4) is 0 Å². The molecule has 0 aromatic heterocycles. The summed E-state index contributed by atoms with van der Waals surface area (Å²) in [7, 11) is 0. The maximum atomic E-state index is 11.6. The molecule has 0 spiro atoms. The van der Waals surface area contributed by atoms with Gasteiger partial charge in [-0.2, -0.15) is 0 Å². The van der Waals surface area contributed by atoms with Gasteiger partial charge in [0.2, 0.25) is 11.8 Å². The largest absolute Gasteiger partial charge is 0.480 e. The van der Waals surface area contributed by atoms with Crippen LogP contribution in [0.1, 0.15) is 25.7 Å². The minimum atomic E-state index is -1.27. The number of piperidine rings is 1. The van der Waals surface area contributed by atoms with Crippen molar-refractivity contribution in [2.24, 2.45) is 5.73 Å². The van der Waals surface area contributed by atoms with E-state index in [0.717, 1.165) is 6.42 Å². The van der Waals surface area contributed by atoms with Crippen LogP contribution in [0.2, 0.25) is 0 Å². The molecule has 0 aromatic carbocycles. The Labute approximate surface area is 115 Å². The number of aliphatic carboxylic acids is 1. The molecule has 112 valence electrons. The number of hydrogen-bond donors (Lipinski definition) is 5. The third-order valence-corrected chi connectivity index (χ3v) is 2.87. The van der Waals surface area contributed by atoms with Crippen LogP contribution in [-0.2, 0) is 14.4 Å². The fourth-order valence-corrected chi connectivity index (χ4v) is 1.81. The van der Waals surface area contributed by atoms with Gasteiger partial charge in [0.25, 0.3) is 0 Å². The molecule has 9 heteroatoms. The molecular formula is C11H18N4O5. The molecule has 1 aliphatic heterocycles. The Morgan fingerprint density at radius 2 is 2.15 bits per heavy atom. The van der Waals surface area contributed by atoms with Gasteiger partial charge < -0.3 is 26.8 Å². The lowest BCUT2D eigenvalue weighted by atomic mass is 10.1. The predicted molar refractivity (Wildman–Crippen MR) is 67.6 cm³/mol. The molecule has 4 amide bonds. The lowest BCUT2D eigenvalue weighted by Gasteiger charge is -2.23. The Kier molecular flexibility index (Phi) is 5.75. The fourth-order valence-electron chi connectivity index (χ4n) is 1.81. The number of urea groups is 1. The first-order chi connectivity index (χ1) is 9.40. The highest BCUT2D eigenvalue weighted by atomic mass is 16.4. The zero-order valence-corrected chi connectivity index (χ0v) is 10.8. The molecule has 0 saturated carbocycles. The molecule has 1 fully saturated rings. The van der Waals surface area contributed by atoms with Crippen LogP contribution in [0.15, 0.2) is 0 Å². The number of carbonyl (C=O) groups excluding carboxylic acids is 3. The van der Waals surface area contributed by atoms with Gasteiger partial charge in [0.1, 0.15) is 12.1 Å². The molecule has 1 rings (SSSR count). The van der Waals surface area contributed by atoms with Crippen molar-refractivity contribution in [3.05, 3.63) is 0 Å². The maximum Gasteiger partial charge on any atom is 0.326 e. The number of rotatable bonds is 6. The van der Waals surface area contributed by atoms with E-state index >= 15 is 0 Å². The molecule has 0 aliphatic carbocycles. The average molecular weight is 286 g/mol. The Balaban J connectivity index is 2.46. The van der Waals surface area contributed by atoms with Crippen molar-refractivity contribution >= 4 is 23.8 Å². The number of amides is 4. The predicted octanol–water partition coefficient (Wildman–Crippen LogP) is -1.72. The van der Waals surface area contributed by atoms with Gasteiger partial charge in [-0.05, 0) is 19.3 Å². The number of nitrogens with two attached hydrogens (primary N) is 1. The van der Waals surface area contributed by atoms with Gasteiger partial charge in [-0.15, -0.1) is 0 Å². The van der Waals surface area contributed by atoms with Crippen LogP contribution in [0, 0.1) is 0 Å². The number of carbonyl (C=O) groups is 4. The zero-order chi connectivity index (χ0) is 15.1. The first kappa shape index (κ1) is 15.7. The summed E-state index contributed by atoms with van der Waals surface area (Å²) >= 11 is 0. The molecule has 0 aromatic rings. The zero-order valence-electron chi connectivity index (χ0n) is 10.8. The monoisotopic (exact) mass is 286 g/mol. The molecule has 0 radical (unpaired) electrons. The molecule has 1 aliphatic rings. The van der Waals surface area contributed by atoms with E-state index in [1.807, 2.05) is 0 Å². The van der Waals surface area contributed by atoms with E-state index < -0.39 is 30.0 Å². The van der Waals surface area contributed by atoms with Gasteiger partial charge >= 0.3 is 12.0 Å². The molecule has 9 nitrogen and oxygen atoms in total. The highest BCUT2D eigenvalue weighted by molar-refractivity contribution is 5.89. The molecule has 1 saturated heterocycles. The number of nitrogens with one attached hydrogen (secondary N) is 3. The SMILES string of the molecule is NC(=O)CC[C@@H](NC(=O)NC1CCCNC1=O)C(=O)O. The highest BCUT2D eigenvalue weighted by Gasteiger charge is 2.26. The van der Waals surface area contributed by atoms with Gasteiger partial charge in [0.05, 0.1) is 0 Å². The molecular weight excluding hydrogens is 268 g/mol. The summed E-state index contributed by atoms with van der Waals surface area (Å²) in [6.45, 7) is 0.564. The smallest absolute Gasteiger partial charge is 0.326 e. The summed E-state index contributed by atoms with van der Waals surface area (Å²) in [6.07, 6.45) is 0.981. The van der Waals surface area contributed by atoms with Gasteiger partial charge in [0.15, 0.2) is 0 Å². The van der Waals surface area contributed by atoms with Crippen LogP contribution in [0.5, 0.6) is 0 Å². The summed E-state index contributed by atoms with van der Waals surface area (Å²) < 4.78 is 0. The average Bonchev–Trinajstić information content (AvgIpc) is 2.36. The fraction of sp³-hybridized carbons (Fsp3) is 0.636. The van der Waals surface area contributed by atoms with Gasteiger partial charge in [-0.3, -0.25) is 9.59 Å². The van der Waals surface area contributed by atoms with Crippen molar-refractivity contribution < 1.29 is 24.3 Å². The standard InChI is InChI=1S/C11H18N4O5/c12-8(16)4-3-7(10(18)19)15-11(20)14-6-2-1-5-13-9(6)17/h6-7H,1-5H2,(H2,12,16)(H,13,17)(H,18,19)(H2,14,15,20)/t6?,7-/m1/s1. The maximum absolute atomic E-state index is 11.6. The van der Waals surface area contributed by atoms with Gasteiger partial charge in [-0.1, -0.05) is 0 Å². The Hall–Kier alpha value is -2.32. The van der Waals surface area contributed by atoms with Crippen LogP contribution in [0.4, 0.5) is 4.79 Å². The minimum Gasteiger partial charge on any atom is -0.480 e.